The Labute approximate surface area is 143 Å². The van der Waals surface area contributed by atoms with Crippen molar-refractivity contribution in [2.75, 3.05) is 26.2 Å². The molecule has 0 aromatic carbocycles. The van der Waals surface area contributed by atoms with Crippen molar-refractivity contribution in [3.63, 3.8) is 0 Å². The molecule has 0 bridgehead atoms. The maximum absolute atomic E-state index is 12.4. The van der Waals surface area contributed by atoms with E-state index in [4.69, 9.17) is 0 Å². The van der Waals surface area contributed by atoms with Crippen molar-refractivity contribution in [2.45, 2.75) is 52.5 Å². The molecule has 3 rings (SSSR count). The van der Waals surface area contributed by atoms with Crippen LogP contribution in [0.3, 0.4) is 0 Å². The molecule has 2 saturated heterocycles. The highest BCUT2D eigenvalue weighted by molar-refractivity contribution is 5.78. The highest BCUT2D eigenvalue weighted by Gasteiger charge is 2.49. The number of nitrogens with zero attached hydrogens (tertiary/aromatic N) is 4. The van der Waals surface area contributed by atoms with Gasteiger partial charge in [-0.15, -0.1) is 0 Å². The maximum Gasteiger partial charge on any atom is 0.242 e. The first-order valence-corrected chi connectivity index (χ1v) is 9.06. The number of carbonyl (C=O) groups is 2. The molecule has 3 heterocycles. The van der Waals surface area contributed by atoms with Crippen molar-refractivity contribution in [3.8, 4) is 0 Å². The third-order valence-electron chi connectivity index (χ3n) is 5.42. The third-order valence-corrected chi connectivity index (χ3v) is 5.42. The Morgan fingerprint density at radius 1 is 1.17 bits per heavy atom. The van der Waals surface area contributed by atoms with Gasteiger partial charge in [0.15, 0.2) is 0 Å². The first-order chi connectivity index (χ1) is 11.5. The molecule has 2 aliphatic rings. The molecule has 6 nitrogen and oxygen atoms in total. The van der Waals surface area contributed by atoms with Gasteiger partial charge in [-0.05, 0) is 19.8 Å². The summed E-state index contributed by atoms with van der Waals surface area (Å²) in [5.41, 5.74) is 0.153. The lowest BCUT2D eigenvalue weighted by Gasteiger charge is -2.48. The number of rotatable bonds is 6. The fourth-order valence-corrected chi connectivity index (χ4v) is 3.85. The molecule has 0 radical (unpaired) electrons. The van der Waals surface area contributed by atoms with Gasteiger partial charge in [-0.25, -0.2) is 4.98 Å². The lowest BCUT2D eigenvalue weighted by molar-refractivity contribution is -0.144. The van der Waals surface area contributed by atoms with Gasteiger partial charge in [-0.1, -0.05) is 19.8 Å². The van der Waals surface area contributed by atoms with Crippen molar-refractivity contribution in [3.05, 3.63) is 18.2 Å². The summed E-state index contributed by atoms with van der Waals surface area (Å²) in [7, 11) is 0. The molecule has 2 amide bonds. The van der Waals surface area contributed by atoms with Crippen LogP contribution in [0.25, 0.3) is 0 Å². The zero-order valence-electron chi connectivity index (χ0n) is 14.8. The first kappa shape index (κ1) is 17.0. The quantitative estimate of drug-likeness (QED) is 0.747. The largest absolute Gasteiger partial charge is 0.342 e. The number of aromatic nitrogens is 2. The molecule has 1 spiro atoms. The van der Waals surface area contributed by atoms with Crippen molar-refractivity contribution in [2.24, 2.45) is 5.41 Å². The summed E-state index contributed by atoms with van der Waals surface area (Å²) in [6.45, 7) is 7.68. The number of aryl methyl sites for hydroxylation is 1. The molecule has 1 aromatic heterocycles. The lowest BCUT2D eigenvalue weighted by atomic mass is 9.79. The summed E-state index contributed by atoms with van der Waals surface area (Å²) in [6, 6.07) is 0. The van der Waals surface area contributed by atoms with Crippen LogP contribution in [0.2, 0.25) is 0 Å². The minimum atomic E-state index is 0.148. The standard InChI is InChI=1S/C18H28N4O2/c1-3-4-5-6-16(23)21-9-7-18(12-21)13-22(14-18)17(24)11-20-10-8-19-15(20)2/h8,10H,3-7,9,11-14H2,1-2H3. The molecular formula is C18H28N4O2. The Balaban J connectivity index is 1.45. The Morgan fingerprint density at radius 3 is 2.58 bits per heavy atom. The topological polar surface area (TPSA) is 58.4 Å². The third kappa shape index (κ3) is 3.47. The van der Waals surface area contributed by atoms with E-state index in [-0.39, 0.29) is 11.3 Å². The van der Waals surface area contributed by atoms with Gasteiger partial charge in [0.2, 0.25) is 11.8 Å². The first-order valence-electron chi connectivity index (χ1n) is 9.06. The van der Waals surface area contributed by atoms with Gasteiger partial charge in [0, 0.05) is 50.4 Å². The molecule has 0 atom stereocenters. The van der Waals surface area contributed by atoms with Crippen LogP contribution in [0.1, 0.15) is 44.9 Å². The van der Waals surface area contributed by atoms with E-state index in [1.807, 2.05) is 27.5 Å². The van der Waals surface area contributed by atoms with E-state index in [9.17, 15) is 9.59 Å². The summed E-state index contributed by atoms with van der Waals surface area (Å²) in [5, 5.41) is 0. The molecule has 0 unspecified atom stereocenters. The fourth-order valence-electron chi connectivity index (χ4n) is 3.85. The number of hydrogen-bond donors (Lipinski definition) is 0. The average Bonchev–Trinajstić information content (AvgIpc) is 3.13. The van der Waals surface area contributed by atoms with E-state index in [1.165, 1.54) is 0 Å². The average molecular weight is 332 g/mol. The predicted octanol–water partition coefficient (Wildman–Crippen LogP) is 1.83. The van der Waals surface area contributed by atoms with Gasteiger partial charge in [-0.3, -0.25) is 9.59 Å². The van der Waals surface area contributed by atoms with Crippen molar-refractivity contribution in [1.29, 1.82) is 0 Å². The second kappa shape index (κ2) is 6.95. The van der Waals surface area contributed by atoms with Crippen molar-refractivity contribution >= 4 is 11.8 Å². The molecule has 2 aliphatic heterocycles. The van der Waals surface area contributed by atoms with Gasteiger partial charge < -0.3 is 14.4 Å². The molecule has 0 N–H and O–H groups in total. The summed E-state index contributed by atoms with van der Waals surface area (Å²) in [4.78, 5) is 32.7. The smallest absolute Gasteiger partial charge is 0.242 e. The number of imidazole rings is 1. The molecule has 0 aliphatic carbocycles. The maximum atomic E-state index is 12.4. The van der Waals surface area contributed by atoms with E-state index in [0.717, 1.165) is 57.7 Å². The summed E-state index contributed by atoms with van der Waals surface area (Å²) < 4.78 is 1.88. The van der Waals surface area contributed by atoms with E-state index < -0.39 is 0 Å². The molecule has 0 saturated carbocycles. The second-order valence-electron chi connectivity index (χ2n) is 7.37. The van der Waals surface area contributed by atoms with Crippen LogP contribution in [-0.2, 0) is 16.1 Å². The lowest BCUT2D eigenvalue weighted by Crippen LogP contribution is -2.60. The Bertz CT molecular complexity index is 604. The van der Waals surface area contributed by atoms with Crippen LogP contribution in [0, 0.1) is 12.3 Å². The van der Waals surface area contributed by atoms with E-state index >= 15 is 0 Å². The van der Waals surface area contributed by atoms with E-state index in [2.05, 4.69) is 11.9 Å². The Morgan fingerprint density at radius 2 is 1.92 bits per heavy atom. The van der Waals surface area contributed by atoms with Crippen LogP contribution in [0.15, 0.2) is 12.4 Å². The molecule has 1 aromatic rings. The van der Waals surface area contributed by atoms with E-state index in [1.54, 1.807) is 6.20 Å². The highest BCUT2D eigenvalue weighted by atomic mass is 16.2. The summed E-state index contributed by atoms with van der Waals surface area (Å²) >= 11 is 0. The number of unbranched alkanes of at least 4 members (excludes halogenated alkanes) is 2. The monoisotopic (exact) mass is 332 g/mol. The molecule has 24 heavy (non-hydrogen) atoms. The van der Waals surface area contributed by atoms with Crippen LogP contribution >= 0.6 is 0 Å². The zero-order chi connectivity index (χ0) is 17.2. The molecule has 2 fully saturated rings. The molecular weight excluding hydrogens is 304 g/mol. The molecule has 6 heteroatoms. The number of hydrogen-bond acceptors (Lipinski definition) is 3. The van der Waals surface area contributed by atoms with Crippen molar-refractivity contribution < 1.29 is 9.59 Å². The highest BCUT2D eigenvalue weighted by Crippen LogP contribution is 2.39. The minimum absolute atomic E-state index is 0.148. The SMILES string of the molecule is CCCCCC(=O)N1CCC2(C1)CN(C(=O)Cn1ccnc1C)C2. The fraction of sp³-hybridized carbons (Fsp3) is 0.722. The van der Waals surface area contributed by atoms with Gasteiger partial charge in [0.1, 0.15) is 12.4 Å². The minimum Gasteiger partial charge on any atom is -0.342 e. The Hall–Kier alpha value is -1.85. The van der Waals surface area contributed by atoms with Gasteiger partial charge in [0.05, 0.1) is 0 Å². The van der Waals surface area contributed by atoms with Gasteiger partial charge in [-0.2, -0.15) is 0 Å². The predicted molar refractivity (Wildman–Crippen MR) is 91.3 cm³/mol. The summed E-state index contributed by atoms with van der Waals surface area (Å²) in [5.74, 6) is 1.30. The normalized spacial score (nSPS) is 18.9. The number of amides is 2. The van der Waals surface area contributed by atoms with Crippen LogP contribution in [0.4, 0.5) is 0 Å². The van der Waals surface area contributed by atoms with Crippen molar-refractivity contribution in [1.82, 2.24) is 19.4 Å². The number of likely N-dealkylation sites (tertiary alicyclic amines) is 2. The van der Waals surface area contributed by atoms with Crippen LogP contribution in [-0.4, -0.2) is 57.3 Å². The Kier molecular flexibility index (Phi) is 4.92. The van der Waals surface area contributed by atoms with E-state index in [0.29, 0.717) is 18.9 Å². The molecule has 132 valence electrons. The second-order valence-corrected chi connectivity index (χ2v) is 7.37. The van der Waals surface area contributed by atoms with Gasteiger partial charge in [0.25, 0.3) is 0 Å². The number of carbonyl (C=O) groups excluding carboxylic acids is 2. The van der Waals surface area contributed by atoms with Crippen LogP contribution in [0.5, 0.6) is 0 Å². The van der Waals surface area contributed by atoms with Crippen LogP contribution < -0.4 is 0 Å². The summed E-state index contributed by atoms with van der Waals surface area (Å²) in [6.07, 6.45) is 8.53. The van der Waals surface area contributed by atoms with Gasteiger partial charge >= 0.3 is 0 Å². The zero-order valence-corrected chi connectivity index (χ0v) is 14.8.